The molecular formula is C18H27BrFN. The van der Waals surface area contributed by atoms with Crippen LogP contribution in [0.1, 0.15) is 69.9 Å². The van der Waals surface area contributed by atoms with E-state index >= 15 is 0 Å². The number of hydrogen-bond acceptors (Lipinski definition) is 1. The summed E-state index contributed by atoms with van der Waals surface area (Å²) >= 11 is 3.31. The fraction of sp³-hybridized carbons (Fsp3) is 0.667. The van der Waals surface area contributed by atoms with E-state index < -0.39 is 0 Å². The van der Waals surface area contributed by atoms with Gasteiger partial charge in [-0.3, -0.25) is 0 Å². The van der Waals surface area contributed by atoms with Crippen LogP contribution in [0, 0.1) is 11.7 Å². The summed E-state index contributed by atoms with van der Waals surface area (Å²) in [6.45, 7) is 3.20. The van der Waals surface area contributed by atoms with Crippen LogP contribution in [0.5, 0.6) is 0 Å². The van der Waals surface area contributed by atoms with Crippen molar-refractivity contribution in [3.05, 3.63) is 34.1 Å². The lowest BCUT2D eigenvalue weighted by atomic mass is 9.84. The van der Waals surface area contributed by atoms with Crippen molar-refractivity contribution in [1.29, 1.82) is 0 Å². The van der Waals surface area contributed by atoms with Gasteiger partial charge in [0.1, 0.15) is 5.82 Å². The van der Waals surface area contributed by atoms with Crippen molar-refractivity contribution in [3.8, 4) is 0 Å². The maximum Gasteiger partial charge on any atom is 0.137 e. The first-order valence-corrected chi connectivity index (χ1v) is 9.18. The molecule has 0 spiro atoms. The molecule has 0 saturated heterocycles. The molecule has 1 N–H and O–H groups in total. The van der Waals surface area contributed by atoms with E-state index in [1.165, 1.54) is 44.1 Å². The highest BCUT2D eigenvalue weighted by atomic mass is 79.9. The van der Waals surface area contributed by atoms with Gasteiger partial charge in [0.05, 0.1) is 4.47 Å². The summed E-state index contributed by atoms with van der Waals surface area (Å²) in [5.41, 5.74) is 1.20. The smallest absolute Gasteiger partial charge is 0.137 e. The van der Waals surface area contributed by atoms with Gasteiger partial charge < -0.3 is 5.32 Å². The van der Waals surface area contributed by atoms with Crippen LogP contribution in [0.2, 0.25) is 0 Å². The molecular weight excluding hydrogens is 329 g/mol. The summed E-state index contributed by atoms with van der Waals surface area (Å²) in [5, 5.41) is 3.63. The van der Waals surface area contributed by atoms with E-state index in [2.05, 4.69) is 28.2 Å². The van der Waals surface area contributed by atoms with Crippen LogP contribution in [0.15, 0.2) is 22.7 Å². The molecule has 1 aliphatic rings. The van der Waals surface area contributed by atoms with Crippen molar-refractivity contribution in [1.82, 2.24) is 5.32 Å². The zero-order valence-corrected chi connectivity index (χ0v) is 14.6. The molecule has 21 heavy (non-hydrogen) atoms. The SMILES string of the molecule is CCCNC(CCC1CCCCC1)c1ccc(F)c(Br)c1. The van der Waals surface area contributed by atoms with E-state index in [4.69, 9.17) is 0 Å². The molecule has 1 fully saturated rings. The molecule has 1 aromatic rings. The van der Waals surface area contributed by atoms with Gasteiger partial charge in [0, 0.05) is 6.04 Å². The minimum absolute atomic E-state index is 0.180. The molecule has 2 rings (SSSR count). The predicted octanol–water partition coefficient (Wildman–Crippen LogP) is 5.99. The van der Waals surface area contributed by atoms with Gasteiger partial charge in [-0.25, -0.2) is 4.39 Å². The number of hydrogen-bond donors (Lipinski definition) is 1. The topological polar surface area (TPSA) is 12.0 Å². The van der Waals surface area contributed by atoms with Gasteiger partial charge in [0.25, 0.3) is 0 Å². The number of rotatable bonds is 7. The summed E-state index contributed by atoms with van der Waals surface area (Å²) in [6, 6.07) is 5.78. The largest absolute Gasteiger partial charge is 0.310 e. The highest BCUT2D eigenvalue weighted by Gasteiger charge is 2.17. The van der Waals surface area contributed by atoms with Crippen LogP contribution in [0.4, 0.5) is 4.39 Å². The van der Waals surface area contributed by atoms with Gasteiger partial charge in [-0.05, 0) is 65.4 Å². The summed E-state index contributed by atoms with van der Waals surface area (Å²) in [7, 11) is 0. The molecule has 0 amide bonds. The Morgan fingerprint density at radius 3 is 2.71 bits per heavy atom. The van der Waals surface area contributed by atoms with Crippen molar-refractivity contribution < 1.29 is 4.39 Å². The molecule has 1 aromatic carbocycles. The Bertz CT molecular complexity index is 429. The molecule has 0 heterocycles. The Hall–Kier alpha value is -0.410. The van der Waals surface area contributed by atoms with Crippen LogP contribution >= 0.6 is 15.9 Å². The number of benzene rings is 1. The van der Waals surface area contributed by atoms with E-state index in [1.54, 1.807) is 6.07 Å². The monoisotopic (exact) mass is 355 g/mol. The number of halogens is 2. The third kappa shape index (κ3) is 5.37. The van der Waals surface area contributed by atoms with E-state index in [9.17, 15) is 4.39 Å². The second-order valence-corrected chi connectivity index (χ2v) is 7.12. The van der Waals surface area contributed by atoms with E-state index in [1.807, 2.05) is 12.1 Å². The lowest BCUT2D eigenvalue weighted by molar-refractivity contribution is 0.314. The molecule has 0 radical (unpaired) electrons. The minimum atomic E-state index is -0.180. The van der Waals surface area contributed by atoms with Crippen molar-refractivity contribution in [2.75, 3.05) is 6.54 Å². The van der Waals surface area contributed by atoms with Gasteiger partial charge in [-0.15, -0.1) is 0 Å². The molecule has 1 unspecified atom stereocenters. The van der Waals surface area contributed by atoms with E-state index in [0.717, 1.165) is 25.3 Å². The molecule has 1 atom stereocenters. The zero-order valence-electron chi connectivity index (χ0n) is 13.0. The highest BCUT2D eigenvalue weighted by molar-refractivity contribution is 9.10. The summed E-state index contributed by atoms with van der Waals surface area (Å²) < 4.78 is 14.0. The molecule has 0 aliphatic heterocycles. The molecule has 1 nitrogen and oxygen atoms in total. The van der Waals surface area contributed by atoms with Crippen molar-refractivity contribution in [3.63, 3.8) is 0 Å². The lowest BCUT2D eigenvalue weighted by Gasteiger charge is -2.25. The maximum atomic E-state index is 13.4. The average Bonchev–Trinajstić information content (AvgIpc) is 2.51. The van der Waals surface area contributed by atoms with E-state index in [-0.39, 0.29) is 5.82 Å². The quantitative estimate of drug-likeness (QED) is 0.633. The Morgan fingerprint density at radius 2 is 2.05 bits per heavy atom. The first-order valence-electron chi connectivity index (χ1n) is 8.39. The normalized spacial score (nSPS) is 17.9. The Kier molecular flexibility index (Phi) is 7.18. The highest BCUT2D eigenvalue weighted by Crippen LogP contribution is 2.31. The Morgan fingerprint density at radius 1 is 1.29 bits per heavy atom. The number of nitrogens with one attached hydrogen (secondary N) is 1. The first-order chi connectivity index (χ1) is 10.2. The van der Waals surface area contributed by atoms with Crippen molar-refractivity contribution >= 4 is 15.9 Å². The van der Waals surface area contributed by atoms with Gasteiger partial charge in [0.2, 0.25) is 0 Å². The standard InChI is InChI=1S/C18H27BrFN/c1-2-12-21-18(11-8-14-6-4-3-5-7-14)15-9-10-17(20)16(19)13-15/h9-10,13-14,18,21H,2-8,11-12H2,1H3. The van der Waals surface area contributed by atoms with Crippen molar-refractivity contribution in [2.24, 2.45) is 5.92 Å². The van der Waals surface area contributed by atoms with Crippen LogP contribution in [0.3, 0.4) is 0 Å². The second-order valence-electron chi connectivity index (χ2n) is 6.26. The lowest BCUT2D eigenvalue weighted by Crippen LogP contribution is -2.23. The first kappa shape index (κ1) is 17.0. The van der Waals surface area contributed by atoms with Gasteiger partial charge in [-0.2, -0.15) is 0 Å². The van der Waals surface area contributed by atoms with Gasteiger partial charge in [-0.1, -0.05) is 45.1 Å². The van der Waals surface area contributed by atoms with Crippen LogP contribution in [-0.2, 0) is 0 Å². The van der Waals surface area contributed by atoms with Crippen LogP contribution in [-0.4, -0.2) is 6.54 Å². The predicted molar refractivity (Wildman–Crippen MR) is 90.9 cm³/mol. The fourth-order valence-corrected chi connectivity index (χ4v) is 3.71. The second kappa shape index (κ2) is 8.89. The van der Waals surface area contributed by atoms with Crippen LogP contribution < -0.4 is 5.32 Å². The molecule has 1 saturated carbocycles. The molecule has 1 aliphatic carbocycles. The Labute approximate surface area is 136 Å². The summed E-state index contributed by atoms with van der Waals surface area (Å²) in [5.74, 6) is 0.717. The average molecular weight is 356 g/mol. The van der Waals surface area contributed by atoms with E-state index in [0.29, 0.717) is 10.5 Å². The maximum absolute atomic E-state index is 13.4. The van der Waals surface area contributed by atoms with Crippen molar-refractivity contribution in [2.45, 2.75) is 64.3 Å². The summed E-state index contributed by atoms with van der Waals surface area (Å²) in [6.07, 6.45) is 10.6. The third-order valence-corrected chi connectivity index (χ3v) is 5.18. The minimum Gasteiger partial charge on any atom is -0.310 e. The van der Waals surface area contributed by atoms with Gasteiger partial charge in [0.15, 0.2) is 0 Å². The molecule has 3 heteroatoms. The Balaban J connectivity index is 1.97. The zero-order chi connectivity index (χ0) is 15.1. The third-order valence-electron chi connectivity index (χ3n) is 4.58. The van der Waals surface area contributed by atoms with Gasteiger partial charge >= 0.3 is 0 Å². The molecule has 0 aromatic heterocycles. The summed E-state index contributed by atoms with van der Waals surface area (Å²) in [4.78, 5) is 0. The molecule has 0 bridgehead atoms. The van der Waals surface area contributed by atoms with Crippen LogP contribution in [0.25, 0.3) is 0 Å². The fourth-order valence-electron chi connectivity index (χ4n) is 3.31. The molecule has 118 valence electrons.